The maximum atomic E-state index is 12.0. The van der Waals surface area contributed by atoms with E-state index in [0.29, 0.717) is 23.2 Å². The highest BCUT2D eigenvalue weighted by Gasteiger charge is 2.13. The highest BCUT2D eigenvalue weighted by molar-refractivity contribution is 7.71. The van der Waals surface area contributed by atoms with Crippen molar-refractivity contribution in [1.29, 1.82) is 0 Å². The lowest BCUT2D eigenvalue weighted by Crippen LogP contribution is -2.22. The van der Waals surface area contributed by atoms with E-state index in [9.17, 15) is 4.79 Å². The molecule has 22 heavy (non-hydrogen) atoms. The third-order valence-electron chi connectivity index (χ3n) is 2.96. The van der Waals surface area contributed by atoms with E-state index in [1.165, 1.54) is 6.21 Å². The molecule has 1 N–H and O–H groups in total. The van der Waals surface area contributed by atoms with E-state index in [4.69, 9.17) is 23.8 Å². The summed E-state index contributed by atoms with van der Waals surface area (Å²) in [6, 6.07) is 0. The Balaban J connectivity index is 2.44. The number of hydrogen-bond donors (Lipinski definition) is 1. The second-order valence-electron chi connectivity index (χ2n) is 5.34. The fraction of sp³-hybridized carbons (Fsp3) is 0.462. The molecule has 7 nitrogen and oxygen atoms in total. The van der Waals surface area contributed by atoms with Crippen LogP contribution in [0.1, 0.15) is 30.8 Å². The van der Waals surface area contributed by atoms with Crippen LogP contribution in [-0.2, 0) is 6.54 Å². The summed E-state index contributed by atoms with van der Waals surface area (Å²) in [4.78, 5) is 12.0. The van der Waals surface area contributed by atoms with Crippen LogP contribution in [0.15, 0.2) is 9.90 Å². The van der Waals surface area contributed by atoms with Gasteiger partial charge in [-0.25, -0.2) is 0 Å². The van der Waals surface area contributed by atoms with Crippen LogP contribution in [0.2, 0.25) is 5.15 Å². The van der Waals surface area contributed by atoms with Crippen LogP contribution >= 0.6 is 23.8 Å². The van der Waals surface area contributed by atoms with Gasteiger partial charge in [0.2, 0.25) is 4.77 Å². The van der Waals surface area contributed by atoms with Crippen LogP contribution in [0.3, 0.4) is 0 Å². The quantitative estimate of drug-likeness (QED) is 0.684. The minimum atomic E-state index is -0.372. The molecule has 0 atom stereocenters. The van der Waals surface area contributed by atoms with Gasteiger partial charge in [0.15, 0.2) is 0 Å². The van der Waals surface area contributed by atoms with Gasteiger partial charge in [0.25, 0.3) is 5.56 Å². The molecular formula is C13H17ClN6OS. The predicted molar refractivity (Wildman–Crippen MR) is 88.2 cm³/mol. The van der Waals surface area contributed by atoms with Crippen molar-refractivity contribution in [2.45, 2.75) is 34.2 Å². The standard InChI is InChI=1S/C13H17ClN6OS/c1-7(2)6-19-11(14)10(8(3)18-19)5-15-20-12(21)9(4)16-17-13(20)22/h5,7H,6H2,1-4H3,(H,17,22). The van der Waals surface area contributed by atoms with Crippen molar-refractivity contribution in [3.05, 3.63) is 37.2 Å². The molecule has 118 valence electrons. The Morgan fingerprint density at radius 1 is 1.41 bits per heavy atom. The van der Waals surface area contributed by atoms with Crippen LogP contribution in [-0.4, -0.2) is 30.9 Å². The summed E-state index contributed by atoms with van der Waals surface area (Å²) in [5, 5.41) is 15.3. The molecule has 0 radical (unpaired) electrons. The molecule has 9 heteroatoms. The third kappa shape index (κ3) is 3.33. The number of nitrogens with one attached hydrogen (secondary N) is 1. The van der Waals surface area contributed by atoms with E-state index in [1.807, 2.05) is 6.92 Å². The fourth-order valence-corrected chi connectivity index (χ4v) is 2.34. The largest absolute Gasteiger partial charge is 0.296 e. The van der Waals surface area contributed by atoms with Gasteiger partial charge in [-0.1, -0.05) is 25.4 Å². The Hall–Kier alpha value is -1.80. The summed E-state index contributed by atoms with van der Waals surface area (Å²) in [5.41, 5.74) is 1.31. The van der Waals surface area contributed by atoms with Gasteiger partial charge in [-0.3, -0.25) is 14.6 Å². The molecule has 0 aliphatic rings. The number of H-pyrrole nitrogens is 1. The van der Waals surface area contributed by atoms with Crippen molar-refractivity contribution in [2.24, 2.45) is 11.0 Å². The molecule has 0 amide bonds. The zero-order valence-electron chi connectivity index (χ0n) is 12.8. The van der Waals surface area contributed by atoms with Gasteiger partial charge < -0.3 is 0 Å². The van der Waals surface area contributed by atoms with Crippen LogP contribution < -0.4 is 5.56 Å². The smallest absolute Gasteiger partial charge is 0.265 e. The Kier molecular flexibility index (Phi) is 4.92. The summed E-state index contributed by atoms with van der Waals surface area (Å²) in [6.45, 7) is 8.30. The minimum absolute atomic E-state index is 0.121. The van der Waals surface area contributed by atoms with Gasteiger partial charge in [-0.05, 0) is 32.0 Å². The van der Waals surface area contributed by atoms with Crippen molar-refractivity contribution in [3.8, 4) is 0 Å². The van der Waals surface area contributed by atoms with Gasteiger partial charge in [-0.2, -0.15) is 20.0 Å². The van der Waals surface area contributed by atoms with E-state index in [0.717, 1.165) is 10.4 Å². The van der Waals surface area contributed by atoms with Crippen molar-refractivity contribution in [1.82, 2.24) is 24.7 Å². The molecule has 2 rings (SSSR count). The molecule has 0 spiro atoms. The zero-order chi connectivity index (χ0) is 16.4. The normalized spacial score (nSPS) is 11.7. The van der Waals surface area contributed by atoms with Crippen molar-refractivity contribution >= 4 is 30.0 Å². The number of aromatic amines is 1. The first-order valence-corrected chi connectivity index (χ1v) is 7.55. The number of rotatable bonds is 4. The number of nitrogens with zero attached hydrogens (tertiary/aromatic N) is 5. The second kappa shape index (κ2) is 6.53. The summed E-state index contributed by atoms with van der Waals surface area (Å²) in [7, 11) is 0. The summed E-state index contributed by atoms with van der Waals surface area (Å²) in [6.07, 6.45) is 1.49. The van der Waals surface area contributed by atoms with E-state index < -0.39 is 0 Å². The van der Waals surface area contributed by atoms with Crippen LogP contribution in [0.25, 0.3) is 0 Å². The van der Waals surface area contributed by atoms with Crippen LogP contribution in [0.4, 0.5) is 0 Å². The Labute approximate surface area is 137 Å². The Bertz CT molecular complexity index is 832. The monoisotopic (exact) mass is 340 g/mol. The average Bonchev–Trinajstić information content (AvgIpc) is 2.69. The number of hydrogen-bond acceptors (Lipinski definition) is 5. The number of aryl methyl sites for hydroxylation is 2. The lowest BCUT2D eigenvalue weighted by atomic mass is 10.2. The average molecular weight is 341 g/mol. The first-order chi connectivity index (χ1) is 10.3. The first-order valence-electron chi connectivity index (χ1n) is 6.76. The highest BCUT2D eigenvalue weighted by Crippen LogP contribution is 2.19. The molecule has 0 aromatic carbocycles. The first kappa shape index (κ1) is 16.6. The SMILES string of the molecule is Cc1nn(CC(C)C)c(Cl)c1C=Nn1c(=S)[nH]nc(C)c1=O. The Morgan fingerprint density at radius 3 is 2.73 bits per heavy atom. The molecule has 2 aromatic heterocycles. The lowest BCUT2D eigenvalue weighted by molar-refractivity contribution is 0.482. The van der Waals surface area contributed by atoms with E-state index >= 15 is 0 Å². The van der Waals surface area contributed by atoms with Crippen molar-refractivity contribution in [3.63, 3.8) is 0 Å². The number of halogens is 1. The second-order valence-corrected chi connectivity index (χ2v) is 6.09. The molecule has 0 saturated carbocycles. The molecule has 0 fully saturated rings. The maximum absolute atomic E-state index is 12.0. The lowest BCUT2D eigenvalue weighted by Gasteiger charge is -2.05. The molecule has 0 aliphatic heterocycles. The van der Waals surface area contributed by atoms with Gasteiger partial charge >= 0.3 is 0 Å². The van der Waals surface area contributed by atoms with Gasteiger partial charge in [-0.15, -0.1) is 0 Å². The van der Waals surface area contributed by atoms with Crippen LogP contribution in [0, 0.1) is 24.5 Å². The molecule has 0 unspecified atom stereocenters. The topological polar surface area (TPSA) is 80.9 Å². The third-order valence-corrected chi connectivity index (χ3v) is 3.63. The molecule has 2 aromatic rings. The molecular weight excluding hydrogens is 324 g/mol. The number of aromatic nitrogens is 5. The Morgan fingerprint density at radius 2 is 2.09 bits per heavy atom. The zero-order valence-corrected chi connectivity index (χ0v) is 14.4. The van der Waals surface area contributed by atoms with Gasteiger partial charge in [0, 0.05) is 6.54 Å². The van der Waals surface area contributed by atoms with E-state index in [1.54, 1.807) is 11.6 Å². The van der Waals surface area contributed by atoms with Crippen LogP contribution in [0.5, 0.6) is 0 Å². The summed E-state index contributed by atoms with van der Waals surface area (Å²) >= 11 is 11.3. The van der Waals surface area contributed by atoms with E-state index in [2.05, 4.69) is 34.2 Å². The van der Waals surface area contributed by atoms with E-state index in [-0.39, 0.29) is 16.0 Å². The maximum Gasteiger partial charge on any atom is 0.296 e. The molecule has 0 aliphatic carbocycles. The molecule has 2 heterocycles. The summed E-state index contributed by atoms with van der Waals surface area (Å²) in [5.74, 6) is 0.417. The van der Waals surface area contributed by atoms with Gasteiger partial charge in [0.1, 0.15) is 10.8 Å². The highest BCUT2D eigenvalue weighted by atomic mass is 35.5. The molecule has 0 saturated heterocycles. The fourth-order valence-electron chi connectivity index (χ4n) is 1.87. The van der Waals surface area contributed by atoms with Gasteiger partial charge in [0.05, 0.1) is 17.5 Å². The van der Waals surface area contributed by atoms with Crippen molar-refractivity contribution in [2.75, 3.05) is 0 Å². The molecule has 0 bridgehead atoms. The summed E-state index contributed by atoms with van der Waals surface area (Å²) < 4.78 is 2.92. The minimum Gasteiger partial charge on any atom is -0.265 e. The predicted octanol–water partition coefficient (Wildman–Crippen LogP) is 2.31. The van der Waals surface area contributed by atoms with Crippen molar-refractivity contribution < 1.29 is 0 Å².